The smallest absolute Gasteiger partial charge is 0.317 e. The molecule has 1 aromatic heterocycles. The van der Waals surface area contributed by atoms with E-state index < -0.39 is 0 Å². The first-order valence-electron chi connectivity index (χ1n) is 9.37. The topological polar surface area (TPSA) is 78.3 Å². The van der Waals surface area contributed by atoms with Crippen LogP contribution in [0.2, 0.25) is 0 Å². The van der Waals surface area contributed by atoms with Gasteiger partial charge in [-0.2, -0.15) is 0 Å². The molecule has 144 valence electrons. The van der Waals surface area contributed by atoms with E-state index in [0.29, 0.717) is 38.5 Å². The van der Waals surface area contributed by atoms with Crippen LogP contribution >= 0.6 is 0 Å². The predicted octanol–water partition coefficient (Wildman–Crippen LogP) is 0.858. The highest BCUT2D eigenvalue weighted by Crippen LogP contribution is 2.12. The van der Waals surface area contributed by atoms with Gasteiger partial charge in [0.2, 0.25) is 0 Å². The van der Waals surface area contributed by atoms with Gasteiger partial charge in [-0.1, -0.05) is 0 Å². The van der Waals surface area contributed by atoms with Gasteiger partial charge in [0.25, 0.3) is 5.91 Å². The second kappa shape index (κ2) is 9.05. The summed E-state index contributed by atoms with van der Waals surface area (Å²) in [5, 5.41) is 2.85. The van der Waals surface area contributed by atoms with Gasteiger partial charge in [-0.15, -0.1) is 0 Å². The first-order valence-corrected chi connectivity index (χ1v) is 9.37. The number of nitrogens with zero attached hydrogens (tertiary/aromatic N) is 3. The number of carbonyl (C=O) groups is 2. The van der Waals surface area contributed by atoms with Crippen LogP contribution in [0.1, 0.15) is 23.9 Å². The minimum atomic E-state index is -0.0480. The maximum Gasteiger partial charge on any atom is 0.317 e. The average molecular weight is 364 g/mol. The quantitative estimate of drug-likeness (QED) is 0.857. The molecule has 0 saturated carbocycles. The third kappa shape index (κ3) is 4.76. The second-order valence-corrected chi connectivity index (χ2v) is 6.70. The molecule has 2 saturated heterocycles. The molecule has 8 heteroatoms. The summed E-state index contributed by atoms with van der Waals surface area (Å²) in [6.45, 7) is 8.26. The minimum Gasteiger partial charge on any atom is -0.459 e. The minimum absolute atomic E-state index is 0.0127. The van der Waals surface area contributed by atoms with Crippen LogP contribution in [0.3, 0.4) is 0 Å². The molecule has 0 bridgehead atoms. The molecule has 3 heterocycles. The summed E-state index contributed by atoms with van der Waals surface area (Å²) in [6.07, 6.45) is 2.45. The van der Waals surface area contributed by atoms with E-state index in [1.54, 1.807) is 12.1 Å². The standard InChI is InChI=1S/C18H28N4O4/c1-2-19-18(24)22-10-12-25-15(14-22)13-20-6-4-7-21(9-8-20)17(23)16-5-3-11-26-16/h3,5,11,15H,2,4,6-10,12-14H2,1H3,(H,19,24)/t15-/m0/s1. The highest BCUT2D eigenvalue weighted by Gasteiger charge is 2.27. The van der Waals surface area contributed by atoms with Gasteiger partial charge < -0.3 is 24.3 Å². The zero-order chi connectivity index (χ0) is 18.4. The van der Waals surface area contributed by atoms with Crippen molar-refractivity contribution in [2.45, 2.75) is 19.4 Å². The maximum absolute atomic E-state index is 12.4. The molecule has 1 aromatic rings. The number of furan rings is 1. The molecule has 1 N–H and O–H groups in total. The van der Waals surface area contributed by atoms with Crippen molar-refractivity contribution in [3.8, 4) is 0 Å². The van der Waals surface area contributed by atoms with Crippen LogP contribution in [0.5, 0.6) is 0 Å². The fourth-order valence-electron chi connectivity index (χ4n) is 3.48. The van der Waals surface area contributed by atoms with Crippen LogP contribution in [0.25, 0.3) is 0 Å². The molecule has 8 nitrogen and oxygen atoms in total. The van der Waals surface area contributed by atoms with Crippen molar-refractivity contribution in [3.63, 3.8) is 0 Å². The van der Waals surface area contributed by atoms with E-state index in [0.717, 1.165) is 32.6 Å². The molecule has 26 heavy (non-hydrogen) atoms. The van der Waals surface area contributed by atoms with Gasteiger partial charge in [0.05, 0.1) is 19.0 Å². The maximum atomic E-state index is 12.4. The number of ether oxygens (including phenoxy) is 1. The molecule has 0 unspecified atom stereocenters. The molecule has 3 rings (SSSR count). The Labute approximate surface area is 154 Å². The largest absolute Gasteiger partial charge is 0.459 e. The molecule has 2 aliphatic heterocycles. The van der Waals surface area contributed by atoms with Gasteiger partial charge in [0.15, 0.2) is 5.76 Å². The van der Waals surface area contributed by atoms with Crippen molar-refractivity contribution in [1.82, 2.24) is 20.0 Å². The van der Waals surface area contributed by atoms with Gasteiger partial charge in [0.1, 0.15) is 0 Å². The van der Waals surface area contributed by atoms with E-state index in [4.69, 9.17) is 9.15 Å². The summed E-state index contributed by atoms with van der Waals surface area (Å²) < 4.78 is 11.1. The molecule has 3 amide bonds. The average Bonchev–Trinajstić information content (AvgIpc) is 3.09. The van der Waals surface area contributed by atoms with E-state index in [1.165, 1.54) is 6.26 Å². The Morgan fingerprint density at radius 3 is 2.85 bits per heavy atom. The Hall–Kier alpha value is -2.06. The SMILES string of the molecule is CCNC(=O)N1CCO[C@@H](CN2CCCN(C(=O)c3ccco3)CC2)C1. The zero-order valence-electron chi connectivity index (χ0n) is 15.4. The summed E-state index contributed by atoms with van der Waals surface area (Å²) in [7, 11) is 0. The number of morpholine rings is 1. The third-order valence-electron chi connectivity index (χ3n) is 4.82. The van der Waals surface area contributed by atoms with Gasteiger partial charge in [-0.05, 0) is 32.0 Å². The van der Waals surface area contributed by atoms with Crippen molar-refractivity contribution in [1.29, 1.82) is 0 Å². The second-order valence-electron chi connectivity index (χ2n) is 6.70. The van der Waals surface area contributed by atoms with E-state index >= 15 is 0 Å². The normalized spacial score (nSPS) is 22.1. The Morgan fingerprint density at radius 2 is 2.08 bits per heavy atom. The van der Waals surface area contributed by atoms with E-state index in [-0.39, 0.29) is 18.0 Å². The Balaban J connectivity index is 1.48. The van der Waals surface area contributed by atoms with Gasteiger partial charge in [-0.25, -0.2) is 4.79 Å². The summed E-state index contributed by atoms with van der Waals surface area (Å²) in [6, 6.07) is 3.42. The van der Waals surface area contributed by atoms with Crippen LogP contribution in [0, 0.1) is 0 Å². The van der Waals surface area contributed by atoms with Crippen LogP contribution in [-0.2, 0) is 4.74 Å². The lowest BCUT2D eigenvalue weighted by molar-refractivity contribution is -0.0298. The lowest BCUT2D eigenvalue weighted by atomic mass is 10.2. The first-order chi connectivity index (χ1) is 12.7. The van der Waals surface area contributed by atoms with Gasteiger partial charge >= 0.3 is 6.03 Å². The number of urea groups is 1. The van der Waals surface area contributed by atoms with Crippen LogP contribution < -0.4 is 5.32 Å². The number of amides is 3. The molecular formula is C18H28N4O4. The number of hydrogen-bond donors (Lipinski definition) is 1. The van der Waals surface area contributed by atoms with Crippen LogP contribution in [0.15, 0.2) is 22.8 Å². The molecule has 0 aliphatic carbocycles. The Bertz CT molecular complexity index is 592. The van der Waals surface area contributed by atoms with Crippen molar-refractivity contribution >= 4 is 11.9 Å². The Kier molecular flexibility index (Phi) is 6.51. The number of carbonyl (C=O) groups excluding carboxylic acids is 2. The third-order valence-corrected chi connectivity index (χ3v) is 4.82. The van der Waals surface area contributed by atoms with Crippen molar-refractivity contribution in [3.05, 3.63) is 24.2 Å². The number of rotatable bonds is 4. The molecule has 1 atom stereocenters. The Morgan fingerprint density at radius 1 is 1.19 bits per heavy atom. The number of hydrogen-bond acceptors (Lipinski definition) is 5. The molecule has 0 aromatic carbocycles. The van der Waals surface area contributed by atoms with E-state index in [9.17, 15) is 9.59 Å². The first kappa shape index (κ1) is 18.7. The molecule has 0 radical (unpaired) electrons. The molecule has 2 aliphatic rings. The van der Waals surface area contributed by atoms with E-state index in [1.807, 2.05) is 16.7 Å². The molecular weight excluding hydrogens is 336 g/mol. The highest BCUT2D eigenvalue weighted by molar-refractivity contribution is 5.91. The van der Waals surface area contributed by atoms with Gasteiger partial charge in [-0.3, -0.25) is 9.69 Å². The van der Waals surface area contributed by atoms with Gasteiger partial charge in [0, 0.05) is 45.8 Å². The lowest BCUT2D eigenvalue weighted by Gasteiger charge is -2.35. The predicted molar refractivity (Wildman–Crippen MR) is 96.1 cm³/mol. The highest BCUT2D eigenvalue weighted by atomic mass is 16.5. The van der Waals surface area contributed by atoms with Crippen molar-refractivity contribution < 1.29 is 18.7 Å². The molecule has 0 spiro atoms. The summed E-state index contributed by atoms with van der Waals surface area (Å²) in [4.78, 5) is 30.4. The number of nitrogens with one attached hydrogen (secondary N) is 1. The summed E-state index contributed by atoms with van der Waals surface area (Å²) >= 11 is 0. The summed E-state index contributed by atoms with van der Waals surface area (Å²) in [5.74, 6) is 0.347. The summed E-state index contributed by atoms with van der Waals surface area (Å²) in [5.41, 5.74) is 0. The monoisotopic (exact) mass is 364 g/mol. The fraction of sp³-hybridized carbons (Fsp3) is 0.667. The lowest BCUT2D eigenvalue weighted by Crippen LogP contribution is -2.52. The molecule has 2 fully saturated rings. The van der Waals surface area contributed by atoms with Crippen molar-refractivity contribution in [2.75, 3.05) is 59.0 Å². The zero-order valence-corrected chi connectivity index (χ0v) is 15.4. The van der Waals surface area contributed by atoms with E-state index in [2.05, 4.69) is 10.2 Å². The van der Waals surface area contributed by atoms with Crippen LogP contribution in [0.4, 0.5) is 4.79 Å². The fourth-order valence-corrected chi connectivity index (χ4v) is 3.48. The van der Waals surface area contributed by atoms with Crippen LogP contribution in [-0.4, -0.2) is 91.7 Å². The van der Waals surface area contributed by atoms with Crippen molar-refractivity contribution in [2.24, 2.45) is 0 Å².